The first-order valence-corrected chi connectivity index (χ1v) is 7.27. The average Bonchev–Trinajstić information content (AvgIpc) is 2.84. The Morgan fingerprint density at radius 1 is 1.75 bits per heavy atom. The van der Waals surface area contributed by atoms with Gasteiger partial charge in [-0.3, -0.25) is 4.57 Å². The van der Waals surface area contributed by atoms with E-state index in [1.165, 1.54) is 16.3 Å². The lowest BCUT2D eigenvalue weighted by Crippen LogP contribution is -2.28. The number of nitrogens with zero attached hydrogens (tertiary/aromatic N) is 5. The maximum atomic E-state index is 12.0. The van der Waals surface area contributed by atoms with E-state index in [0.717, 1.165) is 5.56 Å². The molecule has 1 N–H and O–H groups in total. The molecule has 1 aromatic rings. The number of hydrogen-bond donors (Lipinski definition) is 1. The van der Waals surface area contributed by atoms with E-state index < -0.39 is 24.1 Å². The first-order chi connectivity index (χ1) is 9.60. The van der Waals surface area contributed by atoms with Crippen LogP contribution in [-0.4, -0.2) is 39.7 Å². The molecule has 1 aromatic heterocycles. The van der Waals surface area contributed by atoms with Gasteiger partial charge in [0.05, 0.1) is 18.8 Å². The molecule has 1 saturated heterocycles. The van der Waals surface area contributed by atoms with Crippen molar-refractivity contribution in [3.63, 3.8) is 0 Å². The third-order valence-electron chi connectivity index (χ3n) is 3.18. The molecule has 0 radical (unpaired) electrons. The summed E-state index contributed by atoms with van der Waals surface area (Å²) in [6, 6.07) is -0.484. The largest absolute Gasteiger partial charge is 0.394 e. The molecule has 1 fully saturated rings. The van der Waals surface area contributed by atoms with Gasteiger partial charge < -0.3 is 9.84 Å². The normalized spacial score (nSPS) is 25.4. The molecule has 0 unspecified atom stereocenters. The Kier molecular flexibility index (Phi) is 4.66. The summed E-state index contributed by atoms with van der Waals surface area (Å²) < 4.78 is 6.95. The molecule has 0 bridgehead atoms. The van der Waals surface area contributed by atoms with Crippen molar-refractivity contribution in [3.05, 3.63) is 32.7 Å². The number of hydrogen-bond acceptors (Lipinski definition) is 6. The first-order valence-electron chi connectivity index (χ1n) is 6.05. The highest BCUT2D eigenvalue weighted by molar-refractivity contribution is 7.98. The van der Waals surface area contributed by atoms with Crippen LogP contribution in [-0.2, 0) is 4.74 Å². The Labute approximate surface area is 119 Å². The number of ether oxygens (including phenoxy) is 1. The summed E-state index contributed by atoms with van der Waals surface area (Å²) in [7, 11) is 0. The lowest BCUT2D eigenvalue weighted by Gasteiger charge is -2.15. The fraction of sp³-hybridized carbons (Fsp3) is 0.636. The molecule has 0 saturated carbocycles. The summed E-state index contributed by atoms with van der Waals surface area (Å²) in [6.45, 7) is 1.60. The molecule has 0 aliphatic carbocycles. The summed E-state index contributed by atoms with van der Waals surface area (Å²) in [5.41, 5.74) is 8.96. The Morgan fingerprint density at radius 2 is 2.50 bits per heavy atom. The van der Waals surface area contributed by atoms with Crippen molar-refractivity contribution in [2.45, 2.75) is 36.7 Å². The predicted octanol–water partition coefficient (Wildman–Crippen LogP) is 1.23. The molecule has 1 aliphatic rings. The second kappa shape index (κ2) is 6.27. The molecule has 1 aliphatic heterocycles. The van der Waals surface area contributed by atoms with Crippen LogP contribution < -0.4 is 5.69 Å². The molecule has 9 heteroatoms. The van der Waals surface area contributed by atoms with E-state index in [0.29, 0.717) is 11.4 Å². The van der Waals surface area contributed by atoms with E-state index in [1.54, 1.807) is 6.20 Å². The van der Waals surface area contributed by atoms with Crippen LogP contribution >= 0.6 is 11.8 Å². The Balaban J connectivity index is 2.31. The Bertz CT molecular complexity index is 598. The van der Waals surface area contributed by atoms with Crippen LogP contribution in [0.4, 0.5) is 0 Å². The van der Waals surface area contributed by atoms with Crippen molar-refractivity contribution >= 4 is 11.8 Å². The zero-order chi connectivity index (χ0) is 14.7. The number of aliphatic hydroxyl groups excluding tert-OH is 1. The van der Waals surface area contributed by atoms with Gasteiger partial charge in [0, 0.05) is 17.5 Å². The minimum atomic E-state index is -0.594. The van der Waals surface area contributed by atoms with E-state index in [2.05, 4.69) is 15.0 Å². The zero-order valence-corrected chi connectivity index (χ0v) is 11.9. The number of aromatic nitrogens is 2. The van der Waals surface area contributed by atoms with Crippen LogP contribution in [0.5, 0.6) is 0 Å². The summed E-state index contributed by atoms with van der Waals surface area (Å²) in [6.07, 6.45) is 2.71. The maximum absolute atomic E-state index is 12.0. The predicted molar refractivity (Wildman–Crippen MR) is 73.6 cm³/mol. The van der Waals surface area contributed by atoms with Crippen molar-refractivity contribution < 1.29 is 9.84 Å². The van der Waals surface area contributed by atoms with E-state index in [1.807, 2.05) is 13.2 Å². The standard InChI is InChI=1S/C11H15N5O3S/c1-6-4-16(11(18)13-10(6)20-2)9-3-7(14-15-12)8(5-17)19-9/h4,7-9,17H,3,5H2,1-2H3/t7-,8+,9+/m0/s1. The number of aliphatic hydroxyl groups is 1. The molecular formula is C11H15N5O3S. The molecule has 108 valence electrons. The summed E-state index contributed by atoms with van der Waals surface area (Å²) >= 11 is 1.40. The van der Waals surface area contributed by atoms with E-state index in [4.69, 9.17) is 10.3 Å². The third kappa shape index (κ3) is 2.80. The van der Waals surface area contributed by atoms with Crippen LogP contribution in [0, 0.1) is 6.92 Å². The quantitative estimate of drug-likeness (QED) is 0.295. The minimum Gasteiger partial charge on any atom is -0.394 e. The van der Waals surface area contributed by atoms with Crippen LogP contribution in [0.1, 0.15) is 18.2 Å². The van der Waals surface area contributed by atoms with Crippen molar-refractivity contribution in [1.29, 1.82) is 0 Å². The van der Waals surface area contributed by atoms with Gasteiger partial charge in [0.1, 0.15) is 11.3 Å². The van der Waals surface area contributed by atoms with Crippen LogP contribution in [0.2, 0.25) is 0 Å². The van der Waals surface area contributed by atoms with Crippen molar-refractivity contribution in [2.75, 3.05) is 12.9 Å². The molecule has 20 heavy (non-hydrogen) atoms. The lowest BCUT2D eigenvalue weighted by molar-refractivity contribution is -0.0272. The van der Waals surface area contributed by atoms with Crippen molar-refractivity contribution in [2.24, 2.45) is 5.11 Å². The van der Waals surface area contributed by atoms with Gasteiger partial charge in [0.15, 0.2) is 0 Å². The van der Waals surface area contributed by atoms with E-state index in [9.17, 15) is 9.90 Å². The van der Waals surface area contributed by atoms with E-state index in [-0.39, 0.29) is 6.61 Å². The van der Waals surface area contributed by atoms with E-state index >= 15 is 0 Å². The minimum absolute atomic E-state index is 0.260. The summed E-state index contributed by atoms with van der Waals surface area (Å²) in [5, 5.41) is 13.5. The van der Waals surface area contributed by atoms with Gasteiger partial charge in [-0.2, -0.15) is 4.98 Å². The number of thioether (sulfide) groups is 1. The molecular weight excluding hydrogens is 282 g/mol. The molecule has 3 atom stereocenters. The van der Waals surface area contributed by atoms with Gasteiger partial charge in [0.25, 0.3) is 0 Å². The highest BCUT2D eigenvalue weighted by atomic mass is 32.2. The molecule has 2 heterocycles. The number of rotatable bonds is 4. The third-order valence-corrected chi connectivity index (χ3v) is 3.98. The second-order valence-electron chi connectivity index (χ2n) is 4.44. The smallest absolute Gasteiger partial charge is 0.350 e. The van der Waals surface area contributed by atoms with Crippen LogP contribution in [0.3, 0.4) is 0 Å². The fourth-order valence-corrected chi connectivity index (χ4v) is 2.75. The highest BCUT2D eigenvalue weighted by Crippen LogP contribution is 2.30. The second-order valence-corrected chi connectivity index (χ2v) is 5.24. The summed E-state index contributed by atoms with van der Waals surface area (Å²) in [4.78, 5) is 18.7. The molecule has 0 amide bonds. The number of aryl methyl sites for hydroxylation is 1. The molecule has 8 nitrogen and oxygen atoms in total. The topological polar surface area (TPSA) is 113 Å². The lowest BCUT2D eigenvalue weighted by atomic mass is 10.1. The fourth-order valence-electron chi connectivity index (χ4n) is 2.20. The molecule has 0 spiro atoms. The van der Waals surface area contributed by atoms with Gasteiger partial charge >= 0.3 is 5.69 Å². The highest BCUT2D eigenvalue weighted by Gasteiger charge is 2.35. The van der Waals surface area contributed by atoms with Gasteiger partial charge in [-0.05, 0) is 24.3 Å². The number of azide groups is 1. The first kappa shape index (κ1) is 14.9. The maximum Gasteiger partial charge on any atom is 0.350 e. The Morgan fingerprint density at radius 3 is 3.10 bits per heavy atom. The van der Waals surface area contributed by atoms with Gasteiger partial charge in [-0.25, -0.2) is 4.79 Å². The molecule has 2 rings (SSSR count). The van der Waals surface area contributed by atoms with Crippen LogP contribution in [0.25, 0.3) is 10.4 Å². The SMILES string of the molecule is CSc1nc(=O)n([C@H]2C[C@H](N=[N+]=[N-])[C@@H](CO)O2)cc1C. The van der Waals surface area contributed by atoms with Crippen LogP contribution in [0.15, 0.2) is 21.1 Å². The van der Waals surface area contributed by atoms with Gasteiger partial charge in [-0.1, -0.05) is 5.11 Å². The average molecular weight is 297 g/mol. The van der Waals surface area contributed by atoms with Gasteiger partial charge in [-0.15, -0.1) is 11.8 Å². The molecule has 0 aromatic carbocycles. The zero-order valence-electron chi connectivity index (χ0n) is 11.1. The van der Waals surface area contributed by atoms with Crippen molar-refractivity contribution in [1.82, 2.24) is 9.55 Å². The monoisotopic (exact) mass is 297 g/mol. The van der Waals surface area contributed by atoms with Gasteiger partial charge in [0.2, 0.25) is 0 Å². The Hall–Kier alpha value is -1.54. The summed E-state index contributed by atoms with van der Waals surface area (Å²) in [5.74, 6) is 0. The van der Waals surface area contributed by atoms with Crippen molar-refractivity contribution in [3.8, 4) is 0 Å².